The summed E-state index contributed by atoms with van der Waals surface area (Å²) < 4.78 is 19.8. The number of hydrogen-bond donors (Lipinski definition) is 1. The van der Waals surface area contributed by atoms with Gasteiger partial charge in [0.2, 0.25) is 0 Å². The lowest BCUT2D eigenvalue weighted by Crippen LogP contribution is -2.27. The number of pyridine rings is 1. The van der Waals surface area contributed by atoms with Crippen molar-refractivity contribution in [3.8, 4) is 0 Å². The van der Waals surface area contributed by atoms with Crippen LogP contribution >= 0.6 is 0 Å². The average Bonchev–Trinajstić information content (AvgIpc) is 2.81. The zero-order valence-electron chi connectivity index (χ0n) is 11.6. The van der Waals surface area contributed by atoms with Crippen LogP contribution in [-0.4, -0.2) is 35.6 Å². The molecule has 6 heteroatoms. The highest BCUT2D eigenvalue weighted by Crippen LogP contribution is 2.14. The molecule has 0 unspecified atom stereocenters. The summed E-state index contributed by atoms with van der Waals surface area (Å²) in [5.74, 6) is -0.637. The Balaban J connectivity index is 2.26. The molecule has 2 heterocycles. The van der Waals surface area contributed by atoms with Gasteiger partial charge in [0.05, 0.1) is 5.69 Å². The maximum Gasteiger partial charge on any atom is 0.270 e. The molecule has 0 aliphatic rings. The zero-order chi connectivity index (χ0) is 14.5. The average molecular weight is 279 g/mol. The molecule has 1 amide bonds. The van der Waals surface area contributed by atoms with E-state index in [1.54, 1.807) is 13.2 Å². The summed E-state index contributed by atoms with van der Waals surface area (Å²) in [4.78, 5) is 16.6. The Morgan fingerprint density at radius 1 is 1.50 bits per heavy atom. The van der Waals surface area contributed by atoms with Crippen molar-refractivity contribution in [3.63, 3.8) is 0 Å². The summed E-state index contributed by atoms with van der Waals surface area (Å²) in [5.41, 5.74) is 1.64. The van der Waals surface area contributed by atoms with Crippen LogP contribution in [0.3, 0.4) is 0 Å². The van der Waals surface area contributed by atoms with E-state index in [1.807, 2.05) is 6.92 Å². The second-order valence-corrected chi connectivity index (χ2v) is 4.44. The Morgan fingerprint density at radius 2 is 2.30 bits per heavy atom. The van der Waals surface area contributed by atoms with Gasteiger partial charge in [0.15, 0.2) is 0 Å². The SMILES string of the molecule is CCc1nc2ccc(F)cn2c1C(=O)NCCCOC. The lowest BCUT2D eigenvalue weighted by molar-refractivity contribution is 0.0941. The van der Waals surface area contributed by atoms with Gasteiger partial charge < -0.3 is 10.1 Å². The molecule has 0 atom stereocenters. The van der Waals surface area contributed by atoms with Crippen molar-refractivity contribution in [2.45, 2.75) is 19.8 Å². The molecule has 108 valence electrons. The van der Waals surface area contributed by atoms with E-state index in [4.69, 9.17) is 4.74 Å². The summed E-state index contributed by atoms with van der Waals surface area (Å²) >= 11 is 0. The predicted octanol–water partition coefficient (Wildman–Crippen LogP) is 1.80. The van der Waals surface area contributed by atoms with E-state index in [2.05, 4.69) is 10.3 Å². The van der Waals surface area contributed by atoms with Crippen molar-refractivity contribution < 1.29 is 13.9 Å². The Bertz CT molecular complexity index is 610. The molecule has 0 saturated heterocycles. The van der Waals surface area contributed by atoms with Crippen LogP contribution in [0.4, 0.5) is 4.39 Å². The van der Waals surface area contributed by atoms with Crippen LogP contribution in [0.25, 0.3) is 5.65 Å². The summed E-state index contributed by atoms with van der Waals surface area (Å²) in [7, 11) is 1.62. The largest absolute Gasteiger partial charge is 0.385 e. The molecular formula is C14H18FN3O2. The number of ether oxygens (including phenoxy) is 1. The molecule has 1 N–H and O–H groups in total. The van der Waals surface area contributed by atoms with E-state index in [0.29, 0.717) is 36.6 Å². The maximum absolute atomic E-state index is 13.3. The molecule has 0 aliphatic heterocycles. The summed E-state index contributed by atoms with van der Waals surface area (Å²) in [6.07, 6.45) is 2.63. The van der Waals surface area contributed by atoms with E-state index in [0.717, 1.165) is 6.42 Å². The van der Waals surface area contributed by atoms with Gasteiger partial charge in [0.25, 0.3) is 5.91 Å². The number of carbonyl (C=O) groups is 1. The van der Waals surface area contributed by atoms with E-state index in [-0.39, 0.29) is 5.91 Å². The monoisotopic (exact) mass is 279 g/mol. The van der Waals surface area contributed by atoms with Gasteiger partial charge in [-0.15, -0.1) is 0 Å². The van der Waals surface area contributed by atoms with Gasteiger partial charge in [-0.05, 0) is 25.0 Å². The number of halogens is 1. The van der Waals surface area contributed by atoms with Crippen molar-refractivity contribution in [1.82, 2.24) is 14.7 Å². The fourth-order valence-corrected chi connectivity index (χ4v) is 2.06. The number of amides is 1. The fraction of sp³-hybridized carbons (Fsp3) is 0.429. The van der Waals surface area contributed by atoms with Crippen molar-refractivity contribution >= 4 is 11.6 Å². The first-order chi connectivity index (χ1) is 9.67. The van der Waals surface area contributed by atoms with Crippen LogP contribution in [0.15, 0.2) is 18.3 Å². The number of aryl methyl sites for hydroxylation is 1. The highest BCUT2D eigenvalue weighted by atomic mass is 19.1. The summed E-state index contributed by atoms with van der Waals surface area (Å²) in [6.45, 7) is 3.01. The first-order valence-electron chi connectivity index (χ1n) is 6.61. The van der Waals surface area contributed by atoms with E-state index >= 15 is 0 Å². The number of nitrogens with one attached hydrogen (secondary N) is 1. The minimum absolute atomic E-state index is 0.240. The standard InChI is InChI=1S/C14H18FN3O2/c1-3-11-13(14(19)16-7-4-8-20-2)18-9-10(15)5-6-12(18)17-11/h5-6,9H,3-4,7-8H2,1-2H3,(H,16,19). The first kappa shape index (κ1) is 14.5. The molecule has 0 aromatic carbocycles. The van der Waals surface area contributed by atoms with Gasteiger partial charge in [-0.1, -0.05) is 6.92 Å². The van der Waals surface area contributed by atoms with Crippen molar-refractivity contribution in [1.29, 1.82) is 0 Å². The summed E-state index contributed by atoms with van der Waals surface area (Å²) in [5, 5.41) is 2.80. The molecular weight excluding hydrogens is 261 g/mol. The molecule has 5 nitrogen and oxygen atoms in total. The van der Waals surface area contributed by atoms with Gasteiger partial charge in [0, 0.05) is 26.5 Å². The molecule has 0 aliphatic carbocycles. The number of hydrogen-bond acceptors (Lipinski definition) is 3. The third kappa shape index (κ3) is 2.96. The number of methoxy groups -OCH3 is 1. The van der Waals surface area contributed by atoms with Crippen molar-refractivity contribution in [2.24, 2.45) is 0 Å². The Hall–Kier alpha value is -1.95. The highest BCUT2D eigenvalue weighted by molar-refractivity contribution is 5.94. The van der Waals surface area contributed by atoms with Crippen LogP contribution in [-0.2, 0) is 11.2 Å². The zero-order valence-corrected chi connectivity index (χ0v) is 11.6. The lowest BCUT2D eigenvalue weighted by atomic mass is 10.2. The lowest BCUT2D eigenvalue weighted by Gasteiger charge is -2.06. The van der Waals surface area contributed by atoms with Crippen LogP contribution in [0.5, 0.6) is 0 Å². The highest BCUT2D eigenvalue weighted by Gasteiger charge is 2.18. The Morgan fingerprint density at radius 3 is 3.00 bits per heavy atom. The number of imidazole rings is 1. The van der Waals surface area contributed by atoms with Crippen LogP contribution in [0.2, 0.25) is 0 Å². The van der Waals surface area contributed by atoms with Crippen LogP contribution in [0, 0.1) is 5.82 Å². The Labute approximate surface area is 116 Å². The minimum atomic E-state index is -0.397. The topological polar surface area (TPSA) is 55.6 Å². The smallest absolute Gasteiger partial charge is 0.270 e. The Kier molecular flexibility index (Phi) is 4.68. The number of aromatic nitrogens is 2. The molecule has 0 saturated carbocycles. The molecule has 20 heavy (non-hydrogen) atoms. The maximum atomic E-state index is 13.3. The quantitative estimate of drug-likeness (QED) is 0.820. The van der Waals surface area contributed by atoms with E-state index < -0.39 is 5.82 Å². The summed E-state index contributed by atoms with van der Waals surface area (Å²) in [6, 6.07) is 2.90. The van der Waals surface area contributed by atoms with Crippen molar-refractivity contribution in [2.75, 3.05) is 20.3 Å². The van der Waals surface area contributed by atoms with Gasteiger partial charge >= 0.3 is 0 Å². The number of carbonyl (C=O) groups excluding carboxylic acids is 1. The molecule has 0 fully saturated rings. The van der Waals surface area contributed by atoms with E-state index in [1.165, 1.54) is 16.7 Å². The van der Waals surface area contributed by atoms with Crippen LogP contribution in [0.1, 0.15) is 29.5 Å². The van der Waals surface area contributed by atoms with E-state index in [9.17, 15) is 9.18 Å². The normalized spacial score (nSPS) is 10.9. The predicted molar refractivity (Wildman–Crippen MR) is 73.4 cm³/mol. The van der Waals surface area contributed by atoms with Gasteiger partial charge in [-0.2, -0.15) is 0 Å². The molecule has 0 radical (unpaired) electrons. The second kappa shape index (κ2) is 6.47. The molecule has 2 aromatic rings. The molecule has 2 rings (SSSR count). The van der Waals surface area contributed by atoms with Crippen LogP contribution < -0.4 is 5.32 Å². The number of fused-ring (bicyclic) bond motifs is 1. The molecule has 2 aromatic heterocycles. The molecule has 0 bridgehead atoms. The molecule has 0 spiro atoms. The fourth-order valence-electron chi connectivity index (χ4n) is 2.06. The third-order valence-electron chi connectivity index (χ3n) is 3.02. The first-order valence-corrected chi connectivity index (χ1v) is 6.61. The number of nitrogens with zero attached hydrogens (tertiary/aromatic N) is 2. The third-order valence-corrected chi connectivity index (χ3v) is 3.02. The van der Waals surface area contributed by atoms with Gasteiger partial charge in [-0.3, -0.25) is 9.20 Å². The van der Waals surface area contributed by atoms with Gasteiger partial charge in [0.1, 0.15) is 17.2 Å². The number of rotatable bonds is 6. The van der Waals surface area contributed by atoms with Crippen molar-refractivity contribution in [3.05, 3.63) is 35.5 Å². The second-order valence-electron chi connectivity index (χ2n) is 4.44. The van der Waals surface area contributed by atoms with Gasteiger partial charge in [-0.25, -0.2) is 9.37 Å². The minimum Gasteiger partial charge on any atom is -0.385 e.